The average Bonchev–Trinajstić information content (AvgIpc) is 2.39. The van der Waals surface area contributed by atoms with Crippen molar-refractivity contribution in [2.75, 3.05) is 5.73 Å². The van der Waals surface area contributed by atoms with Gasteiger partial charge in [-0.15, -0.1) is 11.8 Å². The zero-order valence-corrected chi connectivity index (χ0v) is 11.3. The van der Waals surface area contributed by atoms with Gasteiger partial charge in [-0.05, 0) is 17.7 Å². The van der Waals surface area contributed by atoms with Gasteiger partial charge in [-0.1, -0.05) is 23.7 Å². The predicted octanol–water partition coefficient (Wildman–Crippen LogP) is 3.52. The maximum absolute atomic E-state index is 10.8. The highest BCUT2D eigenvalue weighted by Gasteiger charge is 2.14. The molecule has 1 heterocycles. The fraction of sp³-hybridized carbons (Fsp3) is 0.0833. The van der Waals surface area contributed by atoms with E-state index in [9.17, 15) is 10.1 Å². The number of halogens is 1. The number of anilines is 1. The van der Waals surface area contributed by atoms with Crippen LogP contribution in [0.15, 0.2) is 41.6 Å². The summed E-state index contributed by atoms with van der Waals surface area (Å²) in [6, 6.07) is 8.25. The number of nitrogen functional groups attached to an aromatic ring is 1. The summed E-state index contributed by atoms with van der Waals surface area (Å²) in [4.78, 5) is 14.4. The molecule has 0 saturated carbocycles. The minimum absolute atomic E-state index is 0.0785. The zero-order chi connectivity index (χ0) is 13.8. The molecule has 0 aliphatic carbocycles. The number of nitro groups is 1. The van der Waals surface area contributed by atoms with Crippen LogP contribution in [0.5, 0.6) is 0 Å². The van der Waals surface area contributed by atoms with E-state index in [1.54, 1.807) is 30.5 Å². The van der Waals surface area contributed by atoms with Gasteiger partial charge in [0, 0.05) is 18.0 Å². The van der Waals surface area contributed by atoms with Crippen molar-refractivity contribution >= 4 is 34.7 Å². The number of hydrogen-bond donors (Lipinski definition) is 1. The molecule has 2 rings (SSSR count). The molecular formula is C12H10ClN3O2S. The molecule has 0 bridgehead atoms. The summed E-state index contributed by atoms with van der Waals surface area (Å²) in [5, 5.41) is 12.0. The number of nitrogens with zero attached hydrogens (tertiary/aromatic N) is 2. The Kier molecular flexibility index (Phi) is 4.24. The fourth-order valence-corrected chi connectivity index (χ4v) is 2.68. The average molecular weight is 296 g/mol. The van der Waals surface area contributed by atoms with Gasteiger partial charge in [0.25, 0.3) is 5.69 Å². The van der Waals surface area contributed by atoms with Crippen LogP contribution in [0.1, 0.15) is 5.56 Å². The van der Waals surface area contributed by atoms with Crippen molar-refractivity contribution in [3.8, 4) is 0 Å². The topological polar surface area (TPSA) is 82.0 Å². The van der Waals surface area contributed by atoms with Crippen LogP contribution in [-0.2, 0) is 5.75 Å². The van der Waals surface area contributed by atoms with Crippen LogP contribution in [0.2, 0.25) is 5.02 Å². The number of nitro benzene ring substituents is 1. The molecule has 98 valence electrons. The van der Waals surface area contributed by atoms with Gasteiger partial charge in [0.1, 0.15) is 10.7 Å². The summed E-state index contributed by atoms with van der Waals surface area (Å²) in [7, 11) is 0. The van der Waals surface area contributed by atoms with Crippen molar-refractivity contribution in [1.82, 2.24) is 4.98 Å². The second-order valence-electron chi connectivity index (χ2n) is 3.69. The molecule has 0 amide bonds. The van der Waals surface area contributed by atoms with Gasteiger partial charge in [-0.3, -0.25) is 10.1 Å². The number of benzene rings is 1. The Morgan fingerprint density at radius 1 is 1.37 bits per heavy atom. The molecule has 0 unspecified atom stereocenters. The van der Waals surface area contributed by atoms with Gasteiger partial charge < -0.3 is 5.73 Å². The molecule has 2 N–H and O–H groups in total. The van der Waals surface area contributed by atoms with Crippen molar-refractivity contribution < 1.29 is 4.92 Å². The van der Waals surface area contributed by atoms with E-state index in [1.165, 1.54) is 17.8 Å². The van der Waals surface area contributed by atoms with Crippen LogP contribution < -0.4 is 5.73 Å². The van der Waals surface area contributed by atoms with E-state index in [0.717, 1.165) is 0 Å². The summed E-state index contributed by atoms with van der Waals surface area (Å²) < 4.78 is 0. The summed E-state index contributed by atoms with van der Waals surface area (Å²) in [6.07, 6.45) is 1.64. The van der Waals surface area contributed by atoms with Gasteiger partial charge in [0.2, 0.25) is 0 Å². The molecule has 0 fully saturated rings. The first kappa shape index (κ1) is 13.6. The van der Waals surface area contributed by atoms with E-state index < -0.39 is 4.92 Å². The molecule has 2 aromatic rings. The molecule has 19 heavy (non-hydrogen) atoms. The van der Waals surface area contributed by atoms with E-state index in [4.69, 9.17) is 17.3 Å². The Balaban J connectivity index is 2.19. The first-order chi connectivity index (χ1) is 9.09. The number of para-hydroxylation sites is 1. The lowest BCUT2D eigenvalue weighted by Gasteiger charge is -2.06. The van der Waals surface area contributed by atoms with E-state index in [1.807, 2.05) is 0 Å². The molecule has 0 aliphatic rings. The third-order valence-electron chi connectivity index (χ3n) is 2.46. The molecule has 0 aliphatic heterocycles. The lowest BCUT2D eigenvalue weighted by atomic mass is 10.2. The third kappa shape index (κ3) is 3.15. The molecule has 0 radical (unpaired) electrons. The molecule has 7 heteroatoms. The van der Waals surface area contributed by atoms with E-state index in [-0.39, 0.29) is 11.4 Å². The molecule has 0 atom stereocenters. The lowest BCUT2D eigenvalue weighted by Crippen LogP contribution is -1.99. The van der Waals surface area contributed by atoms with Gasteiger partial charge in [-0.25, -0.2) is 4.98 Å². The highest BCUT2D eigenvalue weighted by Crippen LogP contribution is 2.32. The van der Waals surface area contributed by atoms with Crippen LogP contribution in [0.3, 0.4) is 0 Å². The van der Waals surface area contributed by atoms with E-state index in [0.29, 0.717) is 21.4 Å². The van der Waals surface area contributed by atoms with Crippen LogP contribution >= 0.6 is 23.4 Å². The molecule has 1 aromatic heterocycles. The van der Waals surface area contributed by atoms with Crippen LogP contribution in [0.25, 0.3) is 0 Å². The number of rotatable bonds is 4. The van der Waals surface area contributed by atoms with Crippen molar-refractivity contribution in [2.24, 2.45) is 0 Å². The molecular weight excluding hydrogens is 286 g/mol. The Morgan fingerprint density at radius 2 is 2.16 bits per heavy atom. The quantitative estimate of drug-likeness (QED) is 0.404. The normalized spacial score (nSPS) is 10.4. The Labute approximate surface area is 118 Å². The minimum atomic E-state index is -0.489. The lowest BCUT2D eigenvalue weighted by molar-refractivity contribution is -0.383. The molecule has 5 nitrogen and oxygen atoms in total. The summed E-state index contributed by atoms with van der Waals surface area (Å²) in [5.41, 5.74) is 6.58. The maximum Gasteiger partial charge on any atom is 0.292 e. The smallest absolute Gasteiger partial charge is 0.292 e. The first-order valence-corrected chi connectivity index (χ1v) is 6.71. The minimum Gasteiger partial charge on any atom is -0.393 e. The maximum atomic E-state index is 10.8. The first-order valence-electron chi connectivity index (χ1n) is 5.34. The van der Waals surface area contributed by atoms with Gasteiger partial charge >= 0.3 is 0 Å². The highest BCUT2D eigenvalue weighted by atomic mass is 35.5. The van der Waals surface area contributed by atoms with Gasteiger partial charge in [0.05, 0.1) is 9.95 Å². The van der Waals surface area contributed by atoms with Crippen LogP contribution in [0.4, 0.5) is 11.4 Å². The Bertz CT molecular complexity index is 622. The monoisotopic (exact) mass is 295 g/mol. The second kappa shape index (κ2) is 5.90. The van der Waals surface area contributed by atoms with Gasteiger partial charge in [0.15, 0.2) is 0 Å². The largest absolute Gasteiger partial charge is 0.393 e. The Hall–Kier alpha value is -1.79. The number of thioether (sulfide) groups is 1. The number of hydrogen-bond acceptors (Lipinski definition) is 5. The van der Waals surface area contributed by atoms with Crippen molar-refractivity contribution in [3.63, 3.8) is 0 Å². The fourth-order valence-electron chi connectivity index (χ4n) is 1.51. The van der Waals surface area contributed by atoms with Crippen LogP contribution in [-0.4, -0.2) is 9.91 Å². The molecule has 1 aromatic carbocycles. The number of aromatic nitrogens is 1. The molecule has 0 saturated heterocycles. The number of nitrogens with two attached hydrogens (primary N) is 1. The zero-order valence-electron chi connectivity index (χ0n) is 9.75. The molecule has 0 spiro atoms. The van der Waals surface area contributed by atoms with Crippen molar-refractivity contribution in [2.45, 2.75) is 10.8 Å². The summed E-state index contributed by atoms with van der Waals surface area (Å²) in [5.74, 6) is 0.476. The standard InChI is InChI=1S/C12H10ClN3O2S/c13-9-4-2-6-15-12(9)19-7-8-3-1-5-10(11(8)14)16(17)18/h1-6H,7,14H2. The van der Waals surface area contributed by atoms with Crippen molar-refractivity contribution in [1.29, 1.82) is 0 Å². The summed E-state index contributed by atoms with van der Waals surface area (Å²) in [6.45, 7) is 0. The third-order valence-corrected chi connectivity index (χ3v) is 3.93. The van der Waals surface area contributed by atoms with Gasteiger partial charge in [-0.2, -0.15) is 0 Å². The number of pyridine rings is 1. The van der Waals surface area contributed by atoms with E-state index in [2.05, 4.69) is 4.98 Å². The SMILES string of the molecule is Nc1c(CSc2ncccc2Cl)cccc1[N+](=O)[O-]. The summed E-state index contributed by atoms with van der Waals surface area (Å²) >= 11 is 7.38. The second-order valence-corrected chi connectivity index (χ2v) is 5.06. The highest BCUT2D eigenvalue weighted by molar-refractivity contribution is 7.98. The Morgan fingerprint density at radius 3 is 2.84 bits per heavy atom. The van der Waals surface area contributed by atoms with Crippen molar-refractivity contribution in [3.05, 3.63) is 57.2 Å². The predicted molar refractivity (Wildman–Crippen MR) is 76.3 cm³/mol. The van der Waals surface area contributed by atoms with E-state index >= 15 is 0 Å². The van der Waals surface area contributed by atoms with Crippen LogP contribution in [0, 0.1) is 10.1 Å².